The highest BCUT2D eigenvalue weighted by atomic mass is 16.3. The van der Waals surface area contributed by atoms with Crippen molar-refractivity contribution in [2.45, 2.75) is 103 Å². The molecule has 4 unspecified atom stereocenters. The number of aliphatic hydroxyl groups is 2. The molecular formula is C65H70N2O4. The Bertz CT molecular complexity index is 2920. The van der Waals surface area contributed by atoms with Crippen molar-refractivity contribution >= 4 is 33.4 Å². The van der Waals surface area contributed by atoms with E-state index in [4.69, 9.17) is 0 Å². The molecule has 6 nitrogen and oxygen atoms in total. The Morgan fingerprint density at radius 3 is 1.13 bits per heavy atom. The molecule has 8 rings (SSSR count). The van der Waals surface area contributed by atoms with Crippen LogP contribution in [0.1, 0.15) is 107 Å². The van der Waals surface area contributed by atoms with Gasteiger partial charge >= 0.3 is 0 Å². The fourth-order valence-corrected chi connectivity index (χ4v) is 11.5. The van der Waals surface area contributed by atoms with Crippen molar-refractivity contribution in [2.75, 3.05) is 13.1 Å². The third-order valence-electron chi connectivity index (χ3n) is 15.2. The summed E-state index contributed by atoms with van der Waals surface area (Å²) in [6, 6.07) is 61.5. The zero-order valence-electron chi connectivity index (χ0n) is 42.3. The Hall–Kier alpha value is -6.86. The van der Waals surface area contributed by atoms with E-state index in [1.165, 1.54) is 0 Å². The molecule has 8 aromatic rings. The van der Waals surface area contributed by atoms with E-state index in [9.17, 15) is 10.2 Å². The van der Waals surface area contributed by atoms with Crippen LogP contribution in [0.15, 0.2) is 182 Å². The van der Waals surface area contributed by atoms with Crippen LogP contribution in [0.25, 0.3) is 21.5 Å². The van der Waals surface area contributed by atoms with Gasteiger partial charge in [0.05, 0.1) is 11.2 Å². The van der Waals surface area contributed by atoms with Crippen LogP contribution >= 0.6 is 0 Å². The zero-order chi connectivity index (χ0) is 50.2. The van der Waals surface area contributed by atoms with Gasteiger partial charge in [-0.25, -0.2) is 0 Å². The first-order valence-electron chi connectivity index (χ1n) is 25.5. The average molecular weight is 943 g/mol. The summed E-state index contributed by atoms with van der Waals surface area (Å²) in [4.78, 5) is 31.0. The molecule has 0 fully saturated rings. The predicted molar refractivity (Wildman–Crippen MR) is 292 cm³/mol. The second kappa shape index (κ2) is 22.1. The van der Waals surface area contributed by atoms with Crippen LogP contribution < -0.4 is 10.6 Å². The minimum atomic E-state index is -1.56. The summed E-state index contributed by atoms with van der Waals surface area (Å²) >= 11 is 0. The SMILES string of the molecule is CCCC(CCC)(C(=O)NCC(O)(Cc1ccccc1C)C(c1ccccc1C)c1cccc2ccccc12)C(=O)NCC(O)(Cc1ccccc1C)C(c1ccccc1C)c1cccc2ccccc12. The summed E-state index contributed by atoms with van der Waals surface area (Å²) in [6.45, 7) is 12.0. The fraction of sp³-hybridized carbons (Fsp3) is 0.292. The van der Waals surface area contributed by atoms with E-state index in [0.29, 0.717) is 12.8 Å². The van der Waals surface area contributed by atoms with Gasteiger partial charge in [0, 0.05) is 37.8 Å². The Morgan fingerprint density at radius 2 is 0.746 bits per heavy atom. The molecule has 0 aliphatic rings. The molecule has 4 atom stereocenters. The molecule has 6 heteroatoms. The second-order valence-electron chi connectivity index (χ2n) is 20.1. The molecule has 0 saturated heterocycles. The molecule has 0 heterocycles. The van der Waals surface area contributed by atoms with Gasteiger partial charge in [0.1, 0.15) is 5.41 Å². The van der Waals surface area contributed by atoms with Crippen LogP contribution in [-0.4, -0.2) is 46.3 Å². The Kier molecular flexibility index (Phi) is 15.7. The van der Waals surface area contributed by atoms with Gasteiger partial charge in [-0.05, 0) is 118 Å². The van der Waals surface area contributed by atoms with Crippen molar-refractivity contribution in [1.82, 2.24) is 10.6 Å². The normalized spacial score (nSPS) is 14.3. The molecule has 0 bridgehead atoms. The third-order valence-corrected chi connectivity index (χ3v) is 15.2. The van der Waals surface area contributed by atoms with E-state index in [1.54, 1.807) is 0 Å². The first-order chi connectivity index (χ1) is 34.3. The number of rotatable bonds is 20. The summed E-state index contributed by atoms with van der Waals surface area (Å²) < 4.78 is 0. The summed E-state index contributed by atoms with van der Waals surface area (Å²) in [6.07, 6.45) is 2.16. The van der Waals surface area contributed by atoms with E-state index in [1.807, 2.05) is 111 Å². The van der Waals surface area contributed by atoms with E-state index < -0.39 is 40.3 Å². The van der Waals surface area contributed by atoms with Crippen molar-refractivity contribution < 1.29 is 19.8 Å². The highest BCUT2D eigenvalue weighted by molar-refractivity contribution is 6.05. The monoisotopic (exact) mass is 943 g/mol. The van der Waals surface area contributed by atoms with Crippen molar-refractivity contribution in [1.29, 1.82) is 0 Å². The maximum absolute atomic E-state index is 15.5. The van der Waals surface area contributed by atoms with Crippen molar-refractivity contribution in [3.05, 3.63) is 238 Å². The van der Waals surface area contributed by atoms with Crippen LogP contribution in [0, 0.1) is 33.1 Å². The molecule has 364 valence electrons. The van der Waals surface area contributed by atoms with Crippen LogP contribution in [0.4, 0.5) is 0 Å². The molecule has 0 spiro atoms. The van der Waals surface area contributed by atoms with Crippen LogP contribution in [0.5, 0.6) is 0 Å². The summed E-state index contributed by atoms with van der Waals surface area (Å²) in [5.74, 6) is -2.01. The van der Waals surface area contributed by atoms with Gasteiger partial charge in [0.15, 0.2) is 0 Å². The average Bonchev–Trinajstić information content (AvgIpc) is 3.37. The van der Waals surface area contributed by atoms with Crippen LogP contribution in [0.2, 0.25) is 0 Å². The van der Waals surface area contributed by atoms with Crippen LogP contribution in [-0.2, 0) is 22.4 Å². The summed E-state index contributed by atoms with van der Waals surface area (Å²) in [5, 5.41) is 38.2. The molecule has 0 aromatic heterocycles. The first kappa shape index (κ1) is 50.5. The summed E-state index contributed by atoms with van der Waals surface area (Å²) in [7, 11) is 0. The Balaban J connectivity index is 1.21. The maximum Gasteiger partial charge on any atom is 0.235 e. The Labute approximate surface area is 421 Å². The number of benzene rings is 8. The van der Waals surface area contributed by atoms with Crippen LogP contribution in [0.3, 0.4) is 0 Å². The third kappa shape index (κ3) is 10.6. The highest BCUT2D eigenvalue weighted by Gasteiger charge is 2.49. The van der Waals surface area contributed by atoms with Gasteiger partial charge in [-0.15, -0.1) is 0 Å². The molecule has 2 amide bonds. The number of carbonyl (C=O) groups is 2. The smallest absolute Gasteiger partial charge is 0.235 e. The van der Waals surface area contributed by atoms with Crippen molar-refractivity contribution in [3.63, 3.8) is 0 Å². The second-order valence-corrected chi connectivity index (χ2v) is 20.1. The first-order valence-corrected chi connectivity index (χ1v) is 25.5. The Morgan fingerprint density at radius 1 is 0.423 bits per heavy atom. The lowest BCUT2D eigenvalue weighted by atomic mass is 9.70. The number of hydrogen-bond acceptors (Lipinski definition) is 4. The topological polar surface area (TPSA) is 98.7 Å². The van der Waals surface area contributed by atoms with Gasteiger partial charge < -0.3 is 20.8 Å². The largest absolute Gasteiger partial charge is 0.387 e. The van der Waals surface area contributed by atoms with Gasteiger partial charge in [0.2, 0.25) is 11.8 Å². The number of carbonyl (C=O) groups excluding carboxylic acids is 2. The number of aryl methyl sites for hydroxylation is 4. The minimum absolute atomic E-state index is 0.126. The van der Waals surface area contributed by atoms with E-state index in [-0.39, 0.29) is 38.8 Å². The lowest BCUT2D eigenvalue weighted by molar-refractivity contribution is -0.146. The van der Waals surface area contributed by atoms with Gasteiger partial charge in [0.25, 0.3) is 0 Å². The molecule has 0 aliphatic heterocycles. The molecule has 0 radical (unpaired) electrons. The predicted octanol–water partition coefficient (Wildman–Crippen LogP) is 13.0. The van der Waals surface area contributed by atoms with Gasteiger partial charge in [-0.1, -0.05) is 209 Å². The highest BCUT2D eigenvalue weighted by Crippen LogP contribution is 2.44. The van der Waals surface area contributed by atoms with Gasteiger partial charge in [-0.3, -0.25) is 9.59 Å². The quantitative estimate of drug-likeness (QED) is 0.0572. The number of nitrogens with one attached hydrogen (secondary N) is 2. The molecule has 4 N–H and O–H groups in total. The fourth-order valence-electron chi connectivity index (χ4n) is 11.5. The number of fused-ring (bicyclic) bond motifs is 2. The molecule has 8 aromatic carbocycles. The molecular weight excluding hydrogens is 873 g/mol. The number of hydrogen-bond donors (Lipinski definition) is 4. The molecule has 0 saturated carbocycles. The molecule has 71 heavy (non-hydrogen) atoms. The summed E-state index contributed by atoms with van der Waals surface area (Å²) in [5.41, 5.74) is 5.26. The minimum Gasteiger partial charge on any atom is -0.387 e. The van der Waals surface area contributed by atoms with E-state index in [0.717, 1.165) is 77.2 Å². The van der Waals surface area contributed by atoms with E-state index >= 15 is 9.59 Å². The van der Waals surface area contributed by atoms with Crippen molar-refractivity contribution in [2.24, 2.45) is 5.41 Å². The lowest BCUT2D eigenvalue weighted by Crippen LogP contribution is -2.58. The van der Waals surface area contributed by atoms with Crippen molar-refractivity contribution in [3.8, 4) is 0 Å². The lowest BCUT2D eigenvalue weighted by Gasteiger charge is -2.41. The standard InChI is InChI=1S/C65H70N2O4/c1-7-39-63(40-8-2,61(68)66-43-64(70,41-51-29-13-9-23-45(51)3)59(53-33-17-11-25-47(53)5)57-37-21-31-49-27-15-19-35-55(49)57)62(69)67-44-65(71,42-52-30-14-10-24-46(52)4)60(54-34-18-12-26-48(54)6)58-38-22-32-50-28-16-20-36-56(50)58/h9-38,59-60,70-71H,7-8,39-44H2,1-6H3,(H,66,68)(H,67,69). The zero-order valence-corrected chi connectivity index (χ0v) is 42.3. The maximum atomic E-state index is 15.5. The van der Waals surface area contributed by atoms with E-state index in [2.05, 4.69) is 123 Å². The van der Waals surface area contributed by atoms with Gasteiger partial charge in [-0.2, -0.15) is 0 Å². The molecule has 0 aliphatic carbocycles. The number of amides is 2.